The van der Waals surface area contributed by atoms with Gasteiger partial charge in [0.2, 0.25) is 10.0 Å². The van der Waals surface area contributed by atoms with Crippen LogP contribution in [0, 0.1) is 0 Å². The molecule has 1 aliphatic heterocycles. The zero-order valence-corrected chi connectivity index (χ0v) is 16.5. The molecule has 3 aromatic rings. The predicted molar refractivity (Wildman–Crippen MR) is 112 cm³/mol. The highest BCUT2D eigenvalue weighted by Crippen LogP contribution is 2.29. The van der Waals surface area contributed by atoms with Crippen LogP contribution < -0.4 is 11.1 Å². The molecule has 4 rings (SSSR count). The number of pyridine rings is 2. The highest BCUT2D eigenvalue weighted by Gasteiger charge is 2.25. The Kier molecular flexibility index (Phi) is 4.91. The maximum absolute atomic E-state index is 11.7. The van der Waals surface area contributed by atoms with Crippen molar-refractivity contribution in [3.63, 3.8) is 0 Å². The van der Waals surface area contributed by atoms with Crippen molar-refractivity contribution in [1.82, 2.24) is 14.3 Å². The molecule has 1 fully saturated rings. The van der Waals surface area contributed by atoms with Gasteiger partial charge in [-0.05, 0) is 37.1 Å². The summed E-state index contributed by atoms with van der Waals surface area (Å²) in [6, 6.07) is 11.8. The van der Waals surface area contributed by atoms with Crippen molar-refractivity contribution >= 4 is 32.3 Å². The van der Waals surface area contributed by atoms with Gasteiger partial charge in [-0.2, -0.15) is 0 Å². The van der Waals surface area contributed by atoms with Crippen molar-refractivity contribution in [2.45, 2.75) is 18.9 Å². The predicted octanol–water partition coefficient (Wildman–Crippen LogP) is 2.71. The molecule has 0 radical (unpaired) electrons. The number of rotatable bonds is 4. The summed E-state index contributed by atoms with van der Waals surface area (Å²) in [6.45, 7) is 1.06. The minimum absolute atomic E-state index is 0.190. The maximum atomic E-state index is 11.7. The van der Waals surface area contributed by atoms with Crippen molar-refractivity contribution in [3.05, 3.63) is 48.8 Å². The Labute approximate surface area is 164 Å². The summed E-state index contributed by atoms with van der Waals surface area (Å²) in [5.41, 5.74) is 8.46. The van der Waals surface area contributed by atoms with E-state index in [1.165, 1.54) is 10.6 Å². The summed E-state index contributed by atoms with van der Waals surface area (Å²) in [6.07, 6.45) is 6.37. The summed E-state index contributed by atoms with van der Waals surface area (Å²) < 4.78 is 24.9. The third kappa shape index (κ3) is 3.93. The number of nitrogens with one attached hydrogen (secondary N) is 1. The highest BCUT2D eigenvalue weighted by molar-refractivity contribution is 7.88. The topological polar surface area (TPSA) is 101 Å². The first-order chi connectivity index (χ1) is 13.4. The third-order valence-corrected chi connectivity index (χ3v) is 6.39. The Balaban J connectivity index is 1.59. The van der Waals surface area contributed by atoms with Gasteiger partial charge in [-0.15, -0.1) is 0 Å². The molecule has 28 heavy (non-hydrogen) atoms. The average Bonchev–Trinajstić information content (AvgIpc) is 2.67. The monoisotopic (exact) mass is 397 g/mol. The van der Waals surface area contributed by atoms with E-state index in [1.54, 1.807) is 6.20 Å². The average molecular weight is 398 g/mol. The maximum Gasteiger partial charge on any atom is 0.211 e. The summed E-state index contributed by atoms with van der Waals surface area (Å²) in [4.78, 5) is 9.08. The summed E-state index contributed by atoms with van der Waals surface area (Å²) >= 11 is 0. The second kappa shape index (κ2) is 7.37. The first-order valence-electron chi connectivity index (χ1n) is 9.22. The number of anilines is 2. The zero-order chi connectivity index (χ0) is 19.7. The first kappa shape index (κ1) is 18.6. The smallest absolute Gasteiger partial charge is 0.211 e. The molecular formula is C20H23N5O2S. The Hall–Kier alpha value is -2.71. The van der Waals surface area contributed by atoms with E-state index in [9.17, 15) is 8.42 Å². The van der Waals surface area contributed by atoms with E-state index in [0.29, 0.717) is 18.8 Å². The van der Waals surface area contributed by atoms with E-state index in [1.807, 2.05) is 42.6 Å². The van der Waals surface area contributed by atoms with Crippen LogP contribution in [0.5, 0.6) is 0 Å². The van der Waals surface area contributed by atoms with Crippen molar-refractivity contribution < 1.29 is 8.42 Å². The Morgan fingerprint density at radius 1 is 1.14 bits per heavy atom. The second-order valence-electron chi connectivity index (χ2n) is 7.16. The Bertz CT molecular complexity index is 1110. The minimum atomic E-state index is -3.12. The number of fused-ring (bicyclic) bond motifs is 1. The van der Waals surface area contributed by atoms with E-state index in [2.05, 4.69) is 15.3 Å². The molecule has 3 heterocycles. The van der Waals surface area contributed by atoms with E-state index in [4.69, 9.17) is 5.73 Å². The van der Waals surface area contributed by atoms with Crippen LogP contribution in [-0.4, -0.2) is 48.1 Å². The lowest BCUT2D eigenvalue weighted by Gasteiger charge is -2.30. The molecule has 0 saturated carbocycles. The molecule has 0 amide bonds. The number of hydrogen-bond acceptors (Lipinski definition) is 6. The van der Waals surface area contributed by atoms with E-state index in [0.717, 1.165) is 40.7 Å². The Morgan fingerprint density at radius 3 is 2.64 bits per heavy atom. The fourth-order valence-electron chi connectivity index (χ4n) is 3.60. The van der Waals surface area contributed by atoms with Crippen LogP contribution in [0.4, 0.5) is 11.5 Å². The number of hydrogen-bond donors (Lipinski definition) is 2. The summed E-state index contributed by atoms with van der Waals surface area (Å²) in [5.74, 6) is 0.767. The molecule has 0 bridgehead atoms. The SMILES string of the molecule is CS(=O)(=O)N1CCC(Nc2cc3c(-c4cccc(N)c4)nccc3cn2)CC1. The van der Waals surface area contributed by atoms with Crippen LogP contribution in [0.25, 0.3) is 22.0 Å². The fraction of sp³-hybridized carbons (Fsp3) is 0.300. The lowest BCUT2D eigenvalue weighted by atomic mass is 10.0. The summed E-state index contributed by atoms with van der Waals surface area (Å²) in [7, 11) is -3.12. The molecule has 0 aliphatic carbocycles. The quantitative estimate of drug-likeness (QED) is 0.657. The second-order valence-corrected chi connectivity index (χ2v) is 9.14. The molecule has 7 nitrogen and oxygen atoms in total. The third-order valence-electron chi connectivity index (χ3n) is 5.08. The van der Waals surface area contributed by atoms with Gasteiger partial charge in [0, 0.05) is 53.5 Å². The van der Waals surface area contributed by atoms with Gasteiger partial charge in [0.1, 0.15) is 5.82 Å². The van der Waals surface area contributed by atoms with Crippen molar-refractivity contribution in [1.29, 1.82) is 0 Å². The molecule has 3 N–H and O–H groups in total. The van der Waals surface area contributed by atoms with Gasteiger partial charge in [0.15, 0.2) is 0 Å². The molecule has 2 aromatic heterocycles. The number of sulfonamides is 1. The first-order valence-corrected chi connectivity index (χ1v) is 11.1. The van der Waals surface area contributed by atoms with Gasteiger partial charge < -0.3 is 11.1 Å². The number of aromatic nitrogens is 2. The van der Waals surface area contributed by atoms with Gasteiger partial charge >= 0.3 is 0 Å². The van der Waals surface area contributed by atoms with Crippen molar-refractivity contribution in [3.8, 4) is 11.3 Å². The van der Waals surface area contributed by atoms with E-state index < -0.39 is 10.0 Å². The number of nitrogens with two attached hydrogens (primary N) is 1. The van der Waals surface area contributed by atoms with Gasteiger partial charge in [0.05, 0.1) is 11.9 Å². The molecule has 1 saturated heterocycles. The standard InChI is InChI=1S/C20H23N5O2S/c1-28(26,27)25-9-6-17(7-10-25)24-19-12-18-15(13-23-19)5-8-22-20(18)14-3-2-4-16(21)11-14/h2-5,8,11-13,17H,6-7,9-10,21H2,1H3,(H,23,24). The molecular weight excluding hydrogens is 374 g/mol. The molecule has 0 atom stereocenters. The van der Waals surface area contributed by atoms with Crippen LogP contribution in [0.2, 0.25) is 0 Å². The normalized spacial score (nSPS) is 16.3. The van der Waals surface area contributed by atoms with Gasteiger partial charge in [0.25, 0.3) is 0 Å². The zero-order valence-electron chi connectivity index (χ0n) is 15.7. The molecule has 1 aliphatic rings. The fourth-order valence-corrected chi connectivity index (χ4v) is 4.48. The highest BCUT2D eigenvalue weighted by atomic mass is 32.2. The van der Waals surface area contributed by atoms with E-state index >= 15 is 0 Å². The van der Waals surface area contributed by atoms with Crippen LogP contribution >= 0.6 is 0 Å². The Morgan fingerprint density at radius 2 is 1.93 bits per heavy atom. The number of nitrogen functional groups attached to an aromatic ring is 1. The lowest BCUT2D eigenvalue weighted by molar-refractivity contribution is 0.331. The van der Waals surface area contributed by atoms with Gasteiger partial charge in [-0.3, -0.25) is 4.98 Å². The summed E-state index contributed by atoms with van der Waals surface area (Å²) in [5, 5.41) is 5.45. The van der Waals surface area contributed by atoms with Crippen LogP contribution in [-0.2, 0) is 10.0 Å². The molecule has 1 aromatic carbocycles. The van der Waals surface area contributed by atoms with Crippen LogP contribution in [0.1, 0.15) is 12.8 Å². The van der Waals surface area contributed by atoms with Crippen LogP contribution in [0.15, 0.2) is 48.8 Å². The minimum Gasteiger partial charge on any atom is -0.399 e. The van der Waals surface area contributed by atoms with E-state index in [-0.39, 0.29) is 6.04 Å². The number of benzene rings is 1. The van der Waals surface area contributed by atoms with Crippen molar-refractivity contribution in [2.75, 3.05) is 30.4 Å². The molecule has 0 spiro atoms. The largest absolute Gasteiger partial charge is 0.399 e. The number of nitrogens with zero attached hydrogens (tertiary/aromatic N) is 3. The van der Waals surface area contributed by atoms with Gasteiger partial charge in [-0.25, -0.2) is 17.7 Å². The lowest BCUT2D eigenvalue weighted by Crippen LogP contribution is -2.41. The van der Waals surface area contributed by atoms with Crippen LogP contribution in [0.3, 0.4) is 0 Å². The molecule has 8 heteroatoms. The number of piperidine rings is 1. The molecule has 0 unspecified atom stereocenters. The molecule has 146 valence electrons. The van der Waals surface area contributed by atoms with Gasteiger partial charge in [-0.1, -0.05) is 12.1 Å². The van der Waals surface area contributed by atoms with Crippen molar-refractivity contribution in [2.24, 2.45) is 0 Å².